The lowest BCUT2D eigenvalue weighted by molar-refractivity contribution is -0.141. The normalized spacial score (nSPS) is 14.5. The van der Waals surface area contributed by atoms with Crippen molar-refractivity contribution in [1.82, 2.24) is 5.32 Å². The number of hydrogen-bond donors (Lipinski definition) is 2. The maximum atomic E-state index is 12.4. The number of hydrogen-bond acceptors (Lipinski definition) is 3. The van der Waals surface area contributed by atoms with Gasteiger partial charge in [-0.3, -0.25) is 9.59 Å². The molecule has 2 N–H and O–H groups in total. The number of carbonyl (C=O) groups is 3. The number of carboxylic acid groups (broad SMARTS) is 1. The minimum absolute atomic E-state index is 0.131. The molecule has 0 saturated heterocycles. The summed E-state index contributed by atoms with van der Waals surface area (Å²) < 4.78 is 0. The highest BCUT2D eigenvalue weighted by Gasteiger charge is 2.27. The molecule has 134 valence electrons. The van der Waals surface area contributed by atoms with E-state index >= 15 is 0 Å². The van der Waals surface area contributed by atoms with Crippen LogP contribution >= 0.6 is 0 Å². The summed E-state index contributed by atoms with van der Waals surface area (Å²) in [6, 6.07) is 15.5. The van der Waals surface area contributed by atoms with E-state index in [0.29, 0.717) is 18.5 Å². The van der Waals surface area contributed by atoms with Crippen molar-refractivity contribution in [2.24, 2.45) is 0 Å². The molecule has 0 bridgehead atoms. The summed E-state index contributed by atoms with van der Waals surface area (Å²) in [7, 11) is 0. The predicted molar refractivity (Wildman–Crippen MR) is 96.8 cm³/mol. The van der Waals surface area contributed by atoms with Crippen LogP contribution in [0.15, 0.2) is 54.6 Å². The summed E-state index contributed by atoms with van der Waals surface area (Å²) in [6.45, 7) is -0.186. The first kappa shape index (κ1) is 17.7. The molecule has 0 saturated carbocycles. The number of benzene rings is 2. The third kappa shape index (κ3) is 4.08. The molecule has 0 radical (unpaired) electrons. The number of anilines is 1. The van der Waals surface area contributed by atoms with Crippen molar-refractivity contribution in [2.45, 2.75) is 25.3 Å². The van der Waals surface area contributed by atoms with Gasteiger partial charge in [-0.1, -0.05) is 48.5 Å². The average Bonchev–Trinajstić information content (AvgIpc) is 2.64. The molecule has 6 nitrogen and oxygen atoms in total. The van der Waals surface area contributed by atoms with E-state index in [1.165, 1.54) is 4.90 Å². The second-order valence-corrected chi connectivity index (χ2v) is 6.26. The van der Waals surface area contributed by atoms with Gasteiger partial charge in [-0.25, -0.2) is 4.79 Å². The van der Waals surface area contributed by atoms with Gasteiger partial charge in [-0.15, -0.1) is 0 Å². The molecule has 2 aromatic rings. The second kappa shape index (κ2) is 7.82. The fourth-order valence-corrected chi connectivity index (χ4v) is 3.10. The molecular formula is C20H20N2O4. The van der Waals surface area contributed by atoms with Crippen LogP contribution in [0.4, 0.5) is 5.69 Å². The monoisotopic (exact) mass is 352 g/mol. The van der Waals surface area contributed by atoms with E-state index in [2.05, 4.69) is 5.32 Å². The molecule has 3 rings (SSSR count). The van der Waals surface area contributed by atoms with E-state index in [4.69, 9.17) is 0 Å². The summed E-state index contributed by atoms with van der Waals surface area (Å²) in [4.78, 5) is 37.6. The number of fused-ring (bicyclic) bond motifs is 1. The zero-order valence-corrected chi connectivity index (χ0v) is 14.2. The third-order valence-corrected chi connectivity index (χ3v) is 4.41. The first-order valence-corrected chi connectivity index (χ1v) is 8.49. The quantitative estimate of drug-likeness (QED) is 0.830. The number of nitrogens with zero attached hydrogens (tertiary/aromatic N) is 1. The summed E-state index contributed by atoms with van der Waals surface area (Å²) >= 11 is 0. The molecule has 26 heavy (non-hydrogen) atoms. The van der Waals surface area contributed by atoms with Gasteiger partial charge in [-0.2, -0.15) is 0 Å². The molecule has 1 aliphatic heterocycles. The zero-order valence-electron chi connectivity index (χ0n) is 14.2. The Morgan fingerprint density at radius 2 is 1.73 bits per heavy atom. The van der Waals surface area contributed by atoms with E-state index in [1.54, 1.807) is 6.07 Å². The molecule has 1 aliphatic rings. The molecule has 1 atom stereocenters. The van der Waals surface area contributed by atoms with Crippen molar-refractivity contribution < 1.29 is 19.5 Å². The molecule has 2 aromatic carbocycles. The number of rotatable bonds is 6. The predicted octanol–water partition coefficient (Wildman–Crippen LogP) is 1.78. The van der Waals surface area contributed by atoms with Crippen molar-refractivity contribution in [3.05, 3.63) is 65.7 Å². The van der Waals surface area contributed by atoms with Crippen LogP contribution in [0, 0.1) is 0 Å². The second-order valence-electron chi connectivity index (χ2n) is 6.26. The zero-order chi connectivity index (χ0) is 18.5. The van der Waals surface area contributed by atoms with Gasteiger partial charge in [0.25, 0.3) is 0 Å². The van der Waals surface area contributed by atoms with Crippen molar-refractivity contribution in [2.75, 3.05) is 11.4 Å². The highest BCUT2D eigenvalue weighted by atomic mass is 16.4. The summed E-state index contributed by atoms with van der Waals surface area (Å²) in [6.07, 6.45) is 1.18. The Balaban J connectivity index is 1.69. The number of aryl methyl sites for hydroxylation is 1. The van der Waals surface area contributed by atoms with Crippen LogP contribution in [0.1, 0.15) is 17.5 Å². The van der Waals surface area contributed by atoms with Crippen LogP contribution in [0.5, 0.6) is 0 Å². The number of amides is 2. The number of aliphatic carboxylic acids is 1. The third-order valence-electron chi connectivity index (χ3n) is 4.41. The minimum atomic E-state index is -1.10. The van der Waals surface area contributed by atoms with Gasteiger partial charge in [0.1, 0.15) is 12.6 Å². The van der Waals surface area contributed by atoms with Gasteiger partial charge in [0.05, 0.1) is 0 Å². The number of carbonyl (C=O) groups excluding carboxylic acids is 2. The first-order valence-electron chi connectivity index (χ1n) is 8.49. The molecule has 1 heterocycles. The van der Waals surface area contributed by atoms with Crippen molar-refractivity contribution in [3.63, 3.8) is 0 Å². The number of para-hydroxylation sites is 1. The van der Waals surface area contributed by atoms with Crippen LogP contribution in [0.3, 0.4) is 0 Å². The van der Waals surface area contributed by atoms with Crippen LogP contribution in [-0.2, 0) is 27.2 Å². The fraction of sp³-hybridized carbons (Fsp3) is 0.250. The standard InChI is InChI=1S/C20H20N2O4/c23-18(21-16(20(25)26)12-14-6-2-1-3-7-14)13-22-17-9-5-4-8-15(17)10-11-19(22)24/h1-9,16H,10-13H2,(H,21,23)(H,25,26)/t16-/m0/s1. The number of carboxylic acids is 1. The highest BCUT2D eigenvalue weighted by Crippen LogP contribution is 2.27. The Bertz CT molecular complexity index is 820. The molecule has 0 aliphatic carbocycles. The SMILES string of the molecule is O=C(CN1C(=O)CCc2ccccc21)N[C@@H](Cc1ccccc1)C(=O)O. The highest BCUT2D eigenvalue weighted by molar-refractivity contribution is 6.01. The topological polar surface area (TPSA) is 86.7 Å². The van der Waals surface area contributed by atoms with Gasteiger partial charge in [0.15, 0.2) is 0 Å². The van der Waals surface area contributed by atoms with E-state index in [0.717, 1.165) is 11.1 Å². The van der Waals surface area contributed by atoms with Crippen molar-refractivity contribution in [3.8, 4) is 0 Å². The Labute approximate surface area is 151 Å². The molecule has 0 spiro atoms. The van der Waals surface area contributed by atoms with Crippen LogP contribution in [0.25, 0.3) is 0 Å². The summed E-state index contributed by atoms with van der Waals surface area (Å²) in [5, 5.41) is 11.9. The first-order chi connectivity index (χ1) is 12.5. The maximum absolute atomic E-state index is 12.4. The molecule has 6 heteroatoms. The van der Waals surface area contributed by atoms with Gasteiger partial charge < -0.3 is 15.3 Å². The average molecular weight is 352 g/mol. The Morgan fingerprint density at radius 3 is 2.46 bits per heavy atom. The van der Waals surface area contributed by atoms with Gasteiger partial charge >= 0.3 is 5.97 Å². The van der Waals surface area contributed by atoms with Crippen LogP contribution in [0.2, 0.25) is 0 Å². The van der Waals surface area contributed by atoms with Crippen LogP contribution in [-0.4, -0.2) is 35.5 Å². The molecule has 2 amide bonds. The largest absolute Gasteiger partial charge is 0.480 e. The minimum Gasteiger partial charge on any atom is -0.480 e. The smallest absolute Gasteiger partial charge is 0.326 e. The number of nitrogens with one attached hydrogen (secondary N) is 1. The lowest BCUT2D eigenvalue weighted by atomic mass is 10.0. The summed E-state index contributed by atoms with van der Waals surface area (Å²) in [5.41, 5.74) is 2.55. The Hall–Kier alpha value is -3.15. The van der Waals surface area contributed by atoms with E-state index in [9.17, 15) is 19.5 Å². The Morgan fingerprint density at radius 1 is 1.04 bits per heavy atom. The molecule has 0 unspecified atom stereocenters. The van der Waals surface area contributed by atoms with E-state index in [-0.39, 0.29) is 18.9 Å². The van der Waals surface area contributed by atoms with Gasteiger partial charge in [0, 0.05) is 18.5 Å². The van der Waals surface area contributed by atoms with Crippen LogP contribution < -0.4 is 10.2 Å². The van der Waals surface area contributed by atoms with Gasteiger partial charge in [0.2, 0.25) is 11.8 Å². The lowest BCUT2D eigenvalue weighted by Crippen LogP contribution is -2.48. The van der Waals surface area contributed by atoms with Gasteiger partial charge in [-0.05, 0) is 23.6 Å². The maximum Gasteiger partial charge on any atom is 0.326 e. The molecular weight excluding hydrogens is 332 g/mol. The lowest BCUT2D eigenvalue weighted by Gasteiger charge is -2.29. The summed E-state index contributed by atoms with van der Waals surface area (Å²) in [5.74, 6) is -1.72. The fourth-order valence-electron chi connectivity index (χ4n) is 3.10. The van der Waals surface area contributed by atoms with E-state index < -0.39 is 17.9 Å². The molecule has 0 fully saturated rings. The Kier molecular flexibility index (Phi) is 5.31. The van der Waals surface area contributed by atoms with Crippen molar-refractivity contribution >= 4 is 23.5 Å². The van der Waals surface area contributed by atoms with Crippen molar-refractivity contribution in [1.29, 1.82) is 0 Å². The molecule has 0 aromatic heterocycles. The van der Waals surface area contributed by atoms with E-state index in [1.807, 2.05) is 48.5 Å².